The number of nitrogens with zero attached hydrogens (tertiary/aromatic N) is 1. The molecule has 0 heterocycles. The van der Waals surface area contributed by atoms with Crippen LogP contribution in [0.1, 0.15) is 215 Å². The number of aliphatic hydroxyl groups excluding tert-OH is 2. The van der Waals surface area contributed by atoms with Gasteiger partial charge in [-0.15, -0.1) is 0 Å². The molecule has 2 atom stereocenters. The van der Waals surface area contributed by atoms with Crippen LogP contribution in [0.15, 0.2) is 5.16 Å². The molecule has 0 rings (SSSR count). The monoisotopic (exact) mass is 793 g/mol. The van der Waals surface area contributed by atoms with Gasteiger partial charge in [0.05, 0.1) is 29.0 Å². The van der Waals surface area contributed by atoms with E-state index in [4.69, 9.17) is 31.8 Å². The van der Waals surface area contributed by atoms with Gasteiger partial charge in [0.25, 0.3) is 0 Å². The Morgan fingerprint density at radius 3 is 1.08 bits per heavy atom. The molecule has 316 valence electrons. The Morgan fingerprint density at radius 1 is 0.604 bits per heavy atom. The van der Waals surface area contributed by atoms with E-state index in [1.807, 2.05) is 0 Å². The van der Waals surface area contributed by atoms with E-state index in [0.717, 1.165) is 39.0 Å². The Balaban J connectivity index is -0.000000175. The van der Waals surface area contributed by atoms with Crippen molar-refractivity contribution in [2.45, 2.75) is 239 Å². The molecule has 0 saturated carbocycles. The van der Waals surface area contributed by atoms with E-state index in [9.17, 15) is 15.0 Å². The van der Waals surface area contributed by atoms with Gasteiger partial charge < -0.3 is 49.2 Å². The summed E-state index contributed by atoms with van der Waals surface area (Å²) in [7, 11) is 0. The van der Waals surface area contributed by atoms with Crippen molar-refractivity contribution in [1.29, 1.82) is 0 Å². The number of halogens is 1. The van der Waals surface area contributed by atoms with Crippen LogP contribution in [0.4, 0.5) is 0 Å². The van der Waals surface area contributed by atoms with Gasteiger partial charge in [-0.2, -0.15) is 0 Å². The standard InChI is InChI=1S/C19H40N2O2.C19H39NO2.C2H4O2.ClH.H4NO.Na/c1-4-5-6-7-8-9-10-11-12-13-14-15-17(22)16-18(21-23)19(2,3)20;1-4-5-6-7-8-9-10-11-12-13-14-15-17(21)16-18(22)19(2,3)20;1-2(3)4;;1-2;/h17,22-23H,4-16,20H2,1-3H3;17,21H,4-16,20H2,1-3H3;1H3,(H,3,4);1H;2H,1H3;/q;;;;2*+1/p-2/b21-18+;;;;;. The zero-order valence-electron chi connectivity index (χ0n) is 35.7. The normalized spacial score (nSPS) is 12.3. The van der Waals surface area contributed by atoms with Gasteiger partial charge in [0.15, 0.2) is 5.78 Å². The minimum absolute atomic E-state index is 0. The number of ketones is 1. The van der Waals surface area contributed by atoms with Gasteiger partial charge >= 0.3 is 29.6 Å². The van der Waals surface area contributed by atoms with Gasteiger partial charge in [-0.3, -0.25) is 4.79 Å². The summed E-state index contributed by atoms with van der Waals surface area (Å²) in [6.45, 7) is 12.5. The molecule has 0 saturated heterocycles. The predicted molar refractivity (Wildman–Crippen MR) is 210 cm³/mol. The third kappa shape index (κ3) is 56.1. The molecule has 13 heteroatoms. The average molecular weight is 794 g/mol. The molecule has 0 aromatic carbocycles. The number of oxime groups is 1. The number of Topliss-reactive ketones (excluding diaryl/α,β-unsaturated/α-hetero) is 1. The molecule has 2 unspecified atom stereocenters. The third-order valence-electron chi connectivity index (χ3n) is 8.71. The fourth-order valence-electron chi connectivity index (χ4n) is 5.43. The second-order valence-electron chi connectivity index (χ2n) is 15.3. The number of carboxylic acid groups (broad SMARTS) is 1. The molecule has 0 spiro atoms. The number of quaternary nitrogens is 1. The molecule has 0 aliphatic rings. The minimum Gasteiger partial charge on any atom is -1.00 e. The SMILES string of the molecule is CC(=O)[O-].CCCCCCCCCCCCCC(O)C/C(=N\O)C(C)(C)N.CCCCCCCCCCCCCC(O)CC(=O)C(C)(C)N.[Cl-].[NH3+]O.[Na+]. The summed E-state index contributed by atoms with van der Waals surface area (Å²) in [5.41, 5.74) is 10.6. The number of carbonyl (C=O) groups excluding carboxylic acids is 2. The quantitative estimate of drug-likeness (QED) is 0.0182. The number of carboxylic acids is 1. The summed E-state index contributed by atoms with van der Waals surface area (Å²) < 4.78 is 0. The van der Waals surface area contributed by atoms with Crippen LogP contribution in [0.3, 0.4) is 0 Å². The second-order valence-corrected chi connectivity index (χ2v) is 15.3. The Hall–Kier alpha value is -0.340. The van der Waals surface area contributed by atoms with E-state index in [2.05, 4.69) is 24.9 Å². The maximum Gasteiger partial charge on any atom is 1.00 e. The molecule has 0 aliphatic carbocycles. The van der Waals surface area contributed by atoms with Crippen molar-refractivity contribution >= 4 is 17.5 Å². The summed E-state index contributed by atoms with van der Waals surface area (Å²) in [6, 6.07) is 0. The maximum absolute atomic E-state index is 11.7. The van der Waals surface area contributed by atoms with Gasteiger partial charge in [-0.1, -0.05) is 160 Å². The van der Waals surface area contributed by atoms with Crippen LogP contribution < -0.4 is 64.4 Å². The molecular weight excluding hydrogens is 707 g/mol. The van der Waals surface area contributed by atoms with Crippen LogP contribution in [0.5, 0.6) is 0 Å². The number of aliphatic carboxylic acids is 1. The Kier molecular flexibility index (Phi) is 56.1. The first-order valence-electron chi connectivity index (χ1n) is 20.2. The smallest absolute Gasteiger partial charge is 1.00 e. The molecule has 0 aliphatic heterocycles. The van der Waals surface area contributed by atoms with E-state index in [0.29, 0.717) is 12.1 Å². The van der Waals surface area contributed by atoms with Gasteiger partial charge in [0.1, 0.15) is 0 Å². The zero-order chi connectivity index (χ0) is 40.0. The molecule has 11 nitrogen and oxygen atoms in total. The van der Waals surface area contributed by atoms with Gasteiger partial charge in [-0.25, -0.2) is 11.1 Å². The Bertz CT molecular complexity index is 794. The van der Waals surface area contributed by atoms with Crippen molar-refractivity contribution in [2.75, 3.05) is 0 Å². The van der Waals surface area contributed by atoms with Gasteiger partial charge in [0, 0.05) is 18.8 Å². The topological polar surface area (TPSA) is 230 Å². The van der Waals surface area contributed by atoms with Crippen LogP contribution in [-0.2, 0) is 9.59 Å². The number of hydrogen-bond donors (Lipinski definition) is 7. The minimum atomic E-state index is -1.08. The number of unbranched alkanes of at least 4 members (excludes halogenated alkanes) is 20. The molecule has 11 N–H and O–H groups in total. The van der Waals surface area contributed by atoms with Crippen molar-refractivity contribution < 1.29 is 83.2 Å². The van der Waals surface area contributed by atoms with Crippen molar-refractivity contribution in [1.82, 2.24) is 0 Å². The van der Waals surface area contributed by atoms with Gasteiger partial charge in [-0.05, 0) is 47.5 Å². The third-order valence-corrected chi connectivity index (χ3v) is 8.71. The van der Waals surface area contributed by atoms with Crippen LogP contribution in [-0.4, -0.2) is 61.4 Å². The summed E-state index contributed by atoms with van der Waals surface area (Å²) in [5, 5.41) is 47.7. The molecule has 0 radical (unpaired) electrons. The van der Waals surface area contributed by atoms with E-state index in [1.165, 1.54) is 122 Å². The van der Waals surface area contributed by atoms with Crippen molar-refractivity contribution in [3.05, 3.63) is 0 Å². The number of rotatable bonds is 30. The first-order chi connectivity index (χ1) is 24.0. The molecule has 0 bridgehead atoms. The van der Waals surface area contributed by atoms with E-state index in [1.54, 1.807) is 27.7 Å². The molecule has 0 aromatic heterocycles. The first-order valence-corrected chi connectivity index (χ1v) is 20.2. The fraction of sp³-hybridized carbons (Fsp3) is 0.925. The number of carbonyl (C=O) groups is 2. The molecule has 0 amide bonds. The summed E-state index contributed by atoms with van der Waals surface area (Å²) in [6.07, 6.45) is 29.7. The first kappa shape index (κ1) is 64.6. The molecular formula is C40H86ClN4NaO7. The van der Waals surface area contributed by atoms with Crippen LogP contribution in [0.25, 0.3) is 0 Å². The van der Waals surface area contributed by atoms with E-state index >= 15 is 0 Å². The Labute approximate surface area is 354 Å². The molecule has 53 heavy (non-hydrogen) atoms. The number of hydrogen-bond acceptors (Lipinski definition) is 10. The summed E-state index contributed by atoms with van der Waals surface area (Å²) in [5.74, 6) is 1.11. The number of aliphatic hydroxyl groups is 2. The average Bonchev–Trinajstić information content (AvgIpc) is 3.05. The summed E-state index contributed by atoms with van der Waals surface area (Å²) in [4.78, 5) is 20.6. The fourth-order valence-corrected chi connectivity index (χ4v) is 5.43. The zero-order valence-corrected chi connectivity index (χ0v) is 38.5. The maximum atomic E-state index is 11.7. The predicted octanol–water partition coefficient (Wildman–Crippen LogP) is 1.13. The Morgan fingerprint density at radius 2 is 0.849 bits per heavy atom. The van der Waals surface area contributed by atoms with Crippen molar-refractivity contribution in [3.8, 4) is 0 Å². The van der Waals surface area contributed by atoms with Gasteiger partial charge in [0.2, 0.25) is 0 Å². The van der Waals surface area contributed by atoms with E-state index in [-0.39, 0.29) is 54.2 Å². The molecule has 0 aromatic rings. The largest absolute Gasteiger partial charge is 1.00 e. The molecule has 0 fully saturated rings. The van der Waals surface area contributed by atoms with Crippen molar-refractivity contribution in [2.24, 2.45) is 16.6 Å². The van der Waals surface area contributed by atoms with E-state index < -0.39 is 29.3 Å². The van der Waals surface area contributed by atoms with Crippen LogP contribution in [0.2, 0.25) is 0 Å². The van der Waals surface area contributed by atoms with Crippen molar-refractivity contribution in [3.63, 3.8) is 0 Å². The second kappa shape index (κ2) is 46.0. The van der Waals surface area contributed by atoms with Crippen LogP contribution in [0, 0.1) is 0 Å². The number of nitrogens with two attached hydrogens (primary N) is 2. The summed E-state index contributed by atoms with van der Waals surface area (Å²) >= 11 is 0. The van der Waals surface area contributed by atoms with Crippen LogP contribution >= 0.6 is 0 Å².